The lowest BCUT2D eigenvalue weighted by Gasteiger charge is -2.62. The maximum Gasteiger partial charge on any atom is 0.407 e. The van der Waals surface area contributed by atoms with Crippen LogP contribution in [0.4, 0.5) is 4.79 Å². The molecule has 7 fully saturated rings. The van der Waals surface area contributed by atoms with Crippen molar-refractivity contribution in [2.24, 2.45) is 58.7 Å². The Kier molecular flexibility index (Phi) is 17.9. The van der Waals surface area contributed by atoms with Crippen LogP contribution >= 0.6 is 0 Å². The van der Waals surface area contributed by atoms with E-state index in [-0.39, 0.29) is 53.9 Å². The number of ether oxygens (including phenoxy) is 2. The number of nitrogens with zero attached hydrogens (tertiary/aromatic N) is 3. The van der Waals surface area contributed by atoms with E-state index in [1.807, 2.05) is 26.0 Å². The van der Waals surface area contributed by atoms with Crippen LogP contribution in [0.3, 0.4) is 0 Å². The summed E-state index contributed by atoms with van der Waals surface area (Å²) in [4.78, 5) is 38.9. The number of aliphatic hydroxyl groups excluding tert-OH is 2. The van der Waals surface area contributed by atoms with Gasteiger partial charge in [-0.2, -0.15) is 5.06 Å². The first kappa shape index (κ1) is 49.8. The van der Waals surface area contributed by atoms with Crippen molar-refractivity contribution in [1.29, 1.82) is 0 Å². The van der Waals surface area contributed by atoms with E-state index in [0.29, 0.717) is 42.8 Å². The van der Waals surface area contributed by atoms with Gasteiger partial charge in [-0.05, 0) is 134 Å². The monoisotopic (exact) mass is 875 g/mol. The minimum atomic E-state index is -0.750. The summed E-state index contributed by atoms with van der Waals surface area (Å²) in [7, 11) is 10.5. The molecule has 5 N–H and O–H groups in total. The van der Waals surface area contributed by atoms with E-state index in [4.69, 9.17) is 14.3 Å². The van der Waals surface area contributed by atoms with E-state index in [0.717, 1.165) is 70.3 Å². The van der Waals surface area contributed by atoms with Gasteiger partial charge in [0.15, 0.2) is 0 Å². The number of rotatable bonds is 19. The molecule has 0 aromatic rings. The number of hydrogen-bond donors (Lipinski definition) is 5. The summed E-state index contributed by atoms with van der Waals surface area (Å²) in [6.07, 6.45) is 14.1. The molecule has 62 heavy (non-hydrogen) atoms. The van der Waals surface area contributed by atoms with Crippen molar-refractivity contribution in [3.8, 4) is 0 Å². The molecule has 7 aliphatic rings. The average Bonchev–Trinajstić information content (AvgIpc) is 3.61. The van der Waals surface area contributed by atoms with Gasteiger partial charge in [-0.3, -0.25) is 14.9 Å². The van der Waals surface area contributed by atoms with Crippen LogP contribution in [0.2, 0.25) is 0 Å². The van der Waals surface area contributed by atoms with Crippen molar-refractivity contribution in [3.05, 3.63) is 0 Å². The van der Waals surface area contributed by atoms with Crippen molar-refractivity contribution in [1.82, 2.24) is 30.8 Å². The van der Waals surface area contributed by atoms with Gasteiger partial charge < -0.3 is 40.1 Å². The minimum absolute atomic E-state index is 0.0592. The fraction of sp³-hybridized carbons (Fsp3) is 0.959. The molecule has 0 aromatic heterocycles. The summed E-state index contributed by atoms with van der Waals surface area (Å²) < 4.78 is 12.5. The predicted octanol–water partition coefficient (Wildman–Crippen LogP) is 5.88. The molecule has 1 heterocycles. The van der Waals surface area contributed by atoms with Crippen LogP contribution < -0.4 is 16.0 Å². The van der Waals surface area contributed by atoms with E-state index in [1.54, 1.807) is 0 Å². The number of fused-ring (bicyclic) bond motifs is 2. The van der Waals surface area contributed by atoms with Crippen molar-refractivity contribution >= 4 is 12.0 Å². The lowest BCUT2D eigenvalue weighted by molar-refractivity contribution is -0.193. The Bertz CT molecular complexity index is 1410. The molecule has 2 bridgehead atoms. The predicted molar refractivity (Wildman–Crippen MR) is 244 cm³/mol. The van der Waals surface area contributed by atoms with Gasteiger partial charge in [0, 0.05) is 56.7 Å². The third-order valence-electron chi connectivity index (χ3n) is 17.4. The zero-order chi connectivity index (χ0) is 44.9. The zero-order valence-corrected chi connectivity index (χ0v) is 40.5. The molecular formula is C49H90N6O7. The Morgan fingerprint density at radius 1 is 0.984 bits per heavy atom. The van der Waals surface area contributed by atoms with E-state index >= 15 is 0 Å². The highest BCUT2D eigenvalue weighted by Crippen LogP contribution is 2.61. The fourth-order valence-corrected chi connectivity index (χ4v) is 13.8. The lowest BCUT2D eigenvalue weighted by Crippen LogP contribution is -2.62. The molecule has 1 aliphatic heterocycles. The number of carbonyl (C=O) groups is 2. The number of hydrogen-bond acceptors (Lipinski definition) is 11. The summed E-state index contributed by atoms with van der Waals surface area (Å²) >= 11 is 0. The van der Waals surface area contributed by atoms with Gasteiger partial charge in [-0.15, -0.1) is 0 Å². The van der Waals surface area contributed by atoms with Gasteiger partial charge in [-0.25, -0.2) is 4.79 Å². The number of carbonyl (C=O) groups excluding carboxylic acids is 2. The molecule has 1 saturated heterocycles. The fourth-order valence-electron chi connectivity index (χ4n) is 13.8. The second-order valence-electron chi connectivity index (χ2n) is 22.3. The summed E-state index contributed by atoms with van der Waals surface area (Å²) in [6.45, 7) is 12.4. The van der Waals surface area contributed by atoms with E-state index in [9.17, 15) is 19.8 Å². The second-order valence-corrected chi connectivity index (χ2v) is 22.3. The normalized spacial score (nSPS) is 38.0. The number of likely N-dealkylation sites (N-methyl/N-ethyl adjacent to an activating group) is 1. The highest BCUT2D eigenvalue weighted by atomic mass is 16.7. The Morgan fingerprint density at radius 3 is 2.35 bits per heavy atom. The maximum absolute atomic E-state index is 14.8. The first-order valence-corrected chi connectivity index (χ1v) is 25.1. The highest BCUT2D eigenvalue weighted by molar-refractivity contribution is 5.83. The molecule has 13 nitrogen and oxygen atoms in total. The first-order chi connectivity index (χ1) is 29.6. The molecule has 7 rings (SSSR count). The van der Waals surface area contributed by atoms with Crippen LogP contribution in [0.15, 0.2) is 0 Å². The molecule has 7 unspecified atom stereocenters. The second kappa shape index (κ2) is 22.3. The molecule has 0 radical (unpaired) electrons. The van der Waals surface area contributed by atoms with Gasteiger partial charge >= 0.3 is 6.09 Å². The lowest BCUT2D eigenvalue weighted by atomic mass is 9.45. The van der Waals surface area contributed by atoms with Crippen molar-refractivity contribution in [2.75, 3.05) is 61.5 Å². The maximum atomic E-state index is 14.8. The van der Waals surface area contributed by atoms with Gasteiger partial charge in [0.25, 0.3) is 0 Å². The quantitative estimate of drug-likeness (QED) is 0.0993. The number of amides is 2. The van der Waals surface area contributed by atoms with Crippen molar-refractivity contribution in [3.63, 3.8) is 0 Å². The van der Waals surface area contributed by atoms with Gasteiger partial charge in [0.1, 0.15) is 24.5 Å². The van der Waals surface area contributed by atoms with Crippen LogP contribution in [-0.4, -0.2) is 147 Å². The number of alkyl carbamates (subject to hydrolysis) is 1. The molecule has 2 amide bonds. The molecular weight excluding hydrogens is 785 g/mol. The van der Waals surface area contributed by atoms with Crippen LogP contribution in [0.25, 0.3) is 0 Å². The molecule has 358 valence electrons. The smallest absolute Gasteiger partial charge is 0.407 e. The summed E-state index contributed by atoms with van der Waals surface area (Å²) in [6, 6.07) is -0.0832. The van der Waals surface area contributed by atoms with Crippen LogP contribution in [0.5, 0.6) is 0 Å². The van der Waals surface area contributed by atoms with Gasteiger partial charge in [-0.1, -0.05) is 66.2 Å². The van der Waals surface area contributed by atoms with E-state index in [1.165, 1.54) is 38.5 Å². The topological polar surface area (TPSA) is 148 Å². The van der Waals surface area contributed by atoms with Crippen molar-refractivity contribution in [2.45, 2.75) is 180 Å². The van der Waals surface area contributed by atoms with Crippen LogP contribution in [0, 0.1) is 58.7 Å². The summed E-state index contributed by atoms with van der Waals surface area (Å²) in [5, 5.41) is 34.7. The third-order valence-corrected chi connectivity index (χ3v) is 17.4. The van der Waals surface area contributed by atoms with Crippen molar-refractivity contribution < 1.29 is 34.1 Å². The molecule has 0 aromatic carbocycles. The van der Waals surface area contributed by atoms with Gasteiger partial charge in [0.05, 0.1) is 18.6 Å². The standard InChI is InChI=1S/C49H90N6O7/c1-11-20-50-48(59)61-31(3)43-42(29-56)62-55(44(43)47(58)52-41-26-36-25-40(30(41)2)49(36,4)5)27-33-18-15-19-39(45(33)60-10)34-22-35(24-38(23-34)54(8)9)46(57)51-37(28-53(6)7)21-32-16-13-12-14-17-32/h30-46,51,56-57H,11-29H2,1-10H3,(H,50,59)(H,52,58)/t30-,31-,33?,34?,35?,36+,37-,38?,39?,40-,41-,42-,43-,44-,45?,46?/m0/s1. The highest BCUT2D eigenvalue weighted by Gasteiger charge is 2.58. The van der Waals surface area contributed by atoms with Crippen LogP contribution in [-0.2, 0) is 19.1 Å². The number of hydroxylamine groups is 2. The number of aliphatic hydroxyl groups is 2. The molecule has 0 spiro atoms. The molecule has 6 saturated carbocycles. The SMILES string of the molecule is CCCNC(=O)O[C@@H](C)[C@H]1[C@H](CO)ON(CC2CCCC(C3CC(C(O)N[C@@H](CC4CCCCC4)CN(C)C)CC(N(C)C)C3)C2OC)[C@@H]1C(=O)N[C@H]1C[C@H]2C[C@@H]([C@@H]1C)C2(C)C. The van der Waals surface area contributed by atoms with E-state index < -0.39 is 36.5 Å². The average molecular weight is 875 g/mol. The third kappa shape index (κ3) is 11.7. The Balaban J connectivity index is 1.19. The number of nitrogens with one attached hydrogen (secondary N) is 3. The van der Waals surface area contributed by atoms with E-state index in [2.05, 4.69) is 74.7 Å². The zero-order valence-electron chi connectivity index (χ0n) is 40.5. The first-order valence-electron chi connectivity index (χ1n) is 25.1. The van der Waals surface area contributed by atoms with Crippen LogP contribution in [0.1, 0.15) is 131 Å². The Morgan fingerprint density at radius 2 is 1.73 bits per heavy atom. The molecule has 6 aliphatic carbocycles. The van der Waals surface area contributed by atoms with Gasteiger partial charge in [0.2, 0.25) is 5.91 Å². The summed E-state index contributed by atoms with van der Waals surface area (Å²) in [5.74, 6) is 2.42. The Labute approximate surface area is 375 Å². The molecule has 13 heteroatoms. The number of methoxy groups -OCH3 is 1. The Hall–Kier alpha value is -1.58. The largest absolute Gasteiger partial charge is 0.446 e. The minimum Gasteiger partial charge on any atom is -0.446 e. The summed E-state index contributed by atoms with van der Waals surface area (Å²) in [5.41, 5.74) is 0.289. The molecule has 16 atom stereocenters.